The van der Waals surface area contributed by atoms with E-state index in [0.717, 1.165) is 161 Å². The third-order valence-corrected chi connectivity index (χ3v) is 17.9. The number of phosphoric ester groups is 2. The molecule has 0 aromatic carbocycles. The summed E-state index contributed by atoms with van der Waals surface area (Å²) in [6, 6.07) is 0. The van der Waals surface area contributed by atoms with Gasteiger partial charge in [0.1, 0.15) is 19.3 Å². The average Bonchev–Trinajstić information content (AvgIpc) is 1.26. The molecule has 0 bridgehead atoms. The zero-order chi connectivity index (χ0) is 69.0. The molecule has 0 saturated heterocycles. The first kappa shape index (κ1) is 90.8. The molecule has 0 heterocycles. The first-order valence-corrected chi connectivity index (χ1v) is 40.5. The van der Waals surface area contributed by atoms with Gasteiger partial charge in [-0.3, -0.25) is 37.3 Å². The number of carbonyl (C=O) groups excluding carboxylic acids is 4. The van der Waals surface area contributed by atoms with Crippen molar-refractivity contribution in [2.45, 2.75) is 354 Å². The molecular formula is C75H136O17P2. The number of esters is 4. The van der Waals surface area contributed by atoms with Gasteiger partial charge in [0.05, 0.1) is 26.4 Å². The lowest BCUT2D eigenvalue weighted by molar-refractivity contribution is -0.161. The summed E-state index contributed by atoms with van der Waals surface area (Å²) in [6.45, 7) is 4.77. The Morgan fingerprint density at radius 3 is 0.862 bits per heavy atom. The number of aliphatic hydroxyl groups excluding tert-OH is 1. The van der Waals surface area contributed by atoms with E-state index in [-0.39, 0.29) is 25.7 Å². The molecule has 0 aliphatic heterocycles. The van der Waals surface area contributed by atoms with Gasteiger partial charge in [-0.15, -0.1) is 0 Å². The van der Waals surface area contributed by atoms with E-state index in [1.807, 2.05) is 0 Å². The van der Waals surface area contributed by atoms with Crippen LogP contribution in [0.25, 0.3) is 0 Å². The highest BCUT2D eigenvalue weighted by molar-refractivity contribution is 7.47. The molecule has 19 heteroatoms. The Hall–Kier alpha value is -3.24. The van der Waals surface area contributed by atoms with Crippen molar-refractivity contribution in [3.8, 4) is 0 Å². The maximum absolute atomic E-state index is 13.1. The second-order valence-corrected chi connectivity index (χ2v) is 28.1. The van der Waals surface area contributed by atoms with Gasteiger partial charge in [0.25, 0.3) is 0 Å². The van der Waals surface area contributed by atoms with E-state index in [2.05, 4.69) is 88.5 Å². The summed E-state index contributed by atoms with van der Waals surface area (Å²) < 4.78 is 68.3. The fraction of sp³-hybridized carbons (Fsp3) is 0.813. The predicted molar refractivity (Wildman–Crippen MR) is 381 cm³/mol. The minimum absolute atomic E-state index is 0.0865. The largest absolute Gasteiger partial charge is 0.472 e. The van der Waals surface area contributed by atoms with Gasteiger partial charge in [-0.1, -0.05) is 268 Å². The predicted octanol–water partition coefficient (Wildman–Crippen LogP) is 21.1. The zero-order valence-electron chi connectivity index (χ0n) is 59.6. The van der Waals surface area contributed by atoms with Crippen molar-refractivity contribution in [2.75, 3.05) is 39.6 Å². The zero-order valence-corrected chi connectivity index (χ0v) is 61.4. The molecular weight excluding hydrogens is 1230 g/mol. The molecule has 0 aliphatic rings. The van der Waals surface area contributed by atoms with Crippen LogP contribution < -0.4 is 0 Å². The summed E-state index contributed by atoms with van der Waals surface area (Å²) in [6.07, 6.45) is 65.1. The maximum Gasteiger partial charge on any atom is 0.472 e. The van der Waals surface area contributed by atoms with Crippen molar-refractivity contribution in [1.82, 2.24) is 0 Å². The molecule has 548 valence electrons. The van der Waals surface area contributed by atoms with Crippen LogP contribution in [0.3, 0.4) is 0 Å². The van der Waals surface area contributed by atoms with Gasteiger partial charge in [0, 0.05) is 25.7 Å². The molecule has 0 amide bonds. The summed E-state index contributed by atoms with van der Waals surface area (Å²) >= 11 is 0. The molecule has 0 rings (SSSR count). The summed E-state index contributed by atoms with van der Waals surface area (Å²) in [5, 5.41) is 10.6. The van der Waals surface area contributed by atoms with Crippen LogP contribution in [-0.2, 0) is 65.4 Å². The van der Waals surface area contributed by atoms with Crippen molar-refractivity contribution in [3.05, 3.63) is 60.8 Å². The van der Waals surface area contributed by atoms with Gasteiger partial charge in [0.2, 0.25) is 0 Å². The minimum atomic E-state index is -4.97. The Morgan fingerprint density at radius 2 is 0.532 bits per heavy atom. The van der Waals surface area contributed by atoms with E-state index >= 15 is 0 Å². The maximum atomic E-state index is 13.1. The second kappa shape index (κ2) is 68.3. The van der Waals surface area contributed by atoms with Crippen LogP contribution in [0.2, 0.25) is 0 Å². The topological polar surface area (TPSA) is 237 Å². The third kappa shape index (κ3) is 67.3. The Bertz CT molecular complexity index is 2030. The normalized spacial score (nSPS) is 14.3. The number of phosphoric acid groups is 2. The molecule has 0 aromatic rings. The SMILES string of the molecule is CCCC/C=C\CCCCCCCC(=O)OCC(COP(=O)(O)OCC(O)COP(=O)(O)OCC(COC(=O)CCCCCCCC/C=C\C/C=C\C/C=C\CCCCC)OC(=O)CCCCCCCCCCCCCCC)OC(=O)CCCCCCC/C=C\CCCC. The first-order chi connectivity index (χ1) is 45.7. The first-order valence-electron chi connectivity index (χ1n) is 37.5. The molecule has 17 nitrogen and oxygen atoms in total. The molecule has 0 aliphatic carbocycles. The summed E-state index contributed by atoms with van der Waals surface area (Å²) in [5.41, 5.74) is 0. The quantitative estimate of drug-likeness (QED) is 0.0169. The summed E-state index contributed by atoms with van der Waals surface area (Å²) in [4.78, 5) is 72.6. The van der Waals surface area contributed by atoms with E-state index < -0.39 is 97.5 Å². The van der Waals surface area contributed by atoms with Crippen molar-refractivity contribution >= 4 is 39.5 Å². The van der Waals surface area contributed by atoms with E-state index in [0.29, 0.717) is 25.7 Å². The average molecular weight is 1370 g/mol. The number of carbonyl (C=O) groups is 4. The smallest absolute Gasteiger partial charge is 0.462 e. The van der Waals surface area contributed by atoms with Crippen molar-refractivity contribution in [2.24, 2.45) is 0 Å². The molecule has 0 fully saturated rings. The molecule has 5 unspecified atom stereocenters. The number of hydrogen-bond acceptors (Lipinski definition) is 15. The van der Waals surface area contributed by atoms with Crippen LogP contribution in [-0.4, -0.2) is 96.7 Å². The standard InChI is InChI=1S/C75H136O17P2/c1-5-9-13-17-21-25-29-31-32-33-34-35-36-38-41-44-48-52-56-60-73(78)86-66-71(92-75(80)62-58-54-50-46-42-37-30-26-22-18-14-10-6-2)68-90-94(83,84)88-64-69(76)63-87-93(81,82)89-67-70(91-74(79)61-57-53-49-45-40-28-24-20-16-12-8-4)65-85-72(77)59-55-51-47-43-39-27-23-19-15-11-7-3/h19-21,23-25,31-32,34-35,69-71,76H,5-18,22,26-30,33,36-68H2,1-4H3,(H,81,82)(H,83,84)/b23-19-,24-20-,25-21-,32-31-,35-34-. The number of aliphatic hydroxyl groups is 1. The fourth-order valence-corrected chi connectivity index (χ4v) is 11.7. The number of allylic oxidation sites excluding steroid dienone is 10. The van der Waals surface area contributed by atoms with Gasteiger partial charge in [-0.2, -0.15) is 0 Å². The number of hydrogen-bond donors (Lipinski definition) is 3. The van der Waals surface area contributed by atoms with Crippen LogP contribution in [0.15, 0.2) is 60.8 Å². The van der Waals surface area contributed by atoms with Crippen molar-refractivity contribution in [3.63, 3.8) is 0 Å². The highest BCUT2D eigenvalue weighted by Gasteiger charge is 2.30. The van der Waals surface area contributed by atoms with Gasteiger partial charge < -0.3 is 33.8 Å². The van der Waals surface area contributed by atoms with E-state index in [9.17, 15) is 43.2 Å². The second-order valence-electron chi connectivity index (χ2n) is 25.2. The number of ether oxygens (including phenoxy) is 4. The molecule has 3 N–H and O–H groups in total. The minimum Gasteiger partial charge on any atom is -0.462 e. The van der Waals surface area contributed by atoms with E-state index in [4.69, 9.17) is 37.0 Å². The van der Waals surface area contributed by atoms with E-state index in [1.54, 1.807) is 0 Å². The van der Waals surface area contributed by atoms with Crippen LogP contribution in [0.4, 0.5) is 0 Å². The Kier molecular flexibility index (Phi) is 65.9. The Morgan fingerprint density at radius 1 is 0.298 bits per heavy atom. The highest BCUT2D eigenvalue weighted by Crippen LogP contribution is 2.45. The lowest BCUT2D eigenvalue weighted by Crippen LogP contribution is -2.30. The third-order valence-electron chi connectivity index (χ3n) is 16.0. The molecule has 0 radical (unpaired) electrons. The molecule has 0 aromatic heterocycles. The Labute approximate surface area is 571 Å². The number of unbranched alkanes of at least 4 members (excludes halogenated alkanes) is 35. The molecule has 94 heavy (non-hydrogen) atoms. The Balaban J connectivity index is 5.28. The van der Waals surface area contributed by atoms with Gasteiger partial charge in [-0.05, 0) is 103 Å². The monoisotopic (exact) mass is 1370 g/mol. The summed E-state index contributed by atoms with van der Waals surface area (Å²) in [5.74, 6) is -2.18. The van der Waals surface area contributed by atoms with Crippen molar-refractivity contribution < 1.29 is 80.2 Å². The van der Waals surface area contributed by atoms with Gasteiger partial charge in [0.15, 0.2) is 12.2 Å². The van der Waals surface area contributed by atoms with Crippen LogP contribution in [0, 0.1) is 0 Å². The van der Waals surface area contributed by atoms with Crippen LogP contribution in [0.1, 0.15) is 336 Å². The van der Waals surface area contributed by atoms with Crippen LogP contribution in [0.5, 0.6) is 0 Å². The summed E-state index contributed by atoms with van der Waals surface area (Å²) in [7, 11) is -9.93. The fourth-order valence-electron chi connectivity index (χ4n) is 10.1. The highest BCUT2D eigenvalue weighted by atomic mass is 31.2. The molecule has 0 saturated carbocycles. The molecule has 0 spiro atoms. The van der Waals surface area contributed by atoms with Gasteiger partial charge in [-0.25, -0.2) is 9.13 Å². The molecule has 5 atom stereocenters. The van der Waals surface area contributed by atoms with Crippen molar-refractivity contribution in [1.29, 1.82) is 0 Å². The lowest BCUT2D eigenvalue weighted by atomic mass is 10.0. The van der Waals surface area contributed by atoms with Crippen LogP contribution >= 0.6 is 15.6 Å². The van der Waals surface area contributed by atoms with E-state index in [1.165, 1.54) is 96.3 Å². The lowest BCUT2D eigenvalue weighted by Gasteiger charge is -2.21. The number of rotatable bonds is 71. The van der Waals surface area contributed by atoms with Gasteiger partial charge >= 0.3 is 39.5 Å².